The molecule has 9 nitrogen and oxygen atoms in total. The van der Waals surface area contributed by atoms with Gasteiger partial charge in [0.1, 0.15) is 16.0 Å². The minimum absolute atomic E-state index is 0.139. The van der Waals surface area contributed by atoms with Crippen molar-refractivity contribution in [2.45, 2.75) is 25.1 Å². The molecule has 0 saturated carbocycles. The molecule has 14 heteroatoms. The van der Waals surface area contributed by atoms with Gasteiger partial charge in [-0.15, -0.1) is 0 Å². The molecule has 4 rings (SSSR count). The average molecular weight is 488 g/mol. The second kappa shape index (κ2) is 8.47. The third-order valence-corrected chi connectivity index (χ3v) is 6.17. The molecule has 3 heterocycles. The van der Waals surface area contributed by atoms with Crippen LogP contribution in [0.2, 0.25) is 5.15 Å². The molecule has 0 unspecified atom stereocenters. The maximum atomic E-state index is 13.1. The van der Waals surface area contributed by atoms with E-state index in [4.69, 9.17) is 16.3 Å². The van der Waals surface area contributed by atoms with Crippen LogP contribution >= 0.6 is 22.9 Å². The fraction of sp³-hybridized carbons (Fsp3) is 0.333. The van der Waals surface area contributed by atoms with E-state index in [9.17, 15) is 28.1 Å². The first kappa shape index (κ1) is 22.1. The summed E-state index contributed by atoms with van der Waals surface area (Å²) < 4.78 is 44.8. The number of non-ortho nitro benzene ring substituents is 1. The predicted molar refractivity (Wildman–Crippen MR) is 110 cm³/mol. The maximum absolute atomic E-state index is 13.1. The van der Waals surface area contributed by atoms with Crippen LogP contribution in [0, 0.1) is 10.1 Å². The third-order valence-electron chi connectivity index (χ3n) is 4.80. The summed E-state index contributed by atoms with van der Waals surface area (Å²) in [5, 5.41) is 11.4. The number of piperidine rings is 1. The molecule has 0 aliphatic carbocycles. The zero-order valence-electron chi connectivity index (χ0n) is 16.0. The van der Waals surface area contributed by atoms with E-state index in [0.29, 0.717) is 38.1 Å². The first-order valence-electron chi connectivity index (χ1n) is 9.22. The Bertz CT molecular complexity index is 1250. The van der Waals surface area contributed by atoms with Crippen LogP contribution in [0.5, 0.6) is 6.01 Å². The van der Waals surface area contributed by atoms with Crippen LogP contribution in [-0.4, -0.2) is 39.1 Å². The summed E-state index contributed by atoms with van der Waals surface area (Å²) in [6, 6.07) is 2.69. The summed E-state index contributed by atoms with van der Waals surface area (Å²) in [5.74, 6) is 0. The smallest absolute Gasteiger partial charge is 0.416 e. The number of aromatic nitrogens is 3. The molecule has 1 saturated heterocycles. The van der Waals surface area contributed by atoms with Gasteiger partial charge in [-0.2, -0.15) is 23.1 Å². The highest BCUT2D eigenvalue weighted by Gasteiger charge is 2.34. The fourth-order valence-electron chi connectivity index (χ4n) is 3.27. The number of fused-ring (bicyclic) bond motifs is 1. The standard InChI is InChI=1S/C18H13ClF3N5O4S/c19-13-1-4-23-16(24-13)31-10-2-5-26(6-3-10)17-25-15(28)11-7-9(18(20,21)22)8-12(27(29)30)14(11)32-17/h1,4,7-8,10H,2-3,5-6H2. The molecule has 0 atom stereocenters. The average Bonchev–Trinajstić information content (AvgIpc) is 2.73. The van der Waals surface area contributed by atoms with Crippen molar-refractivity contribution in [3.8, 4) is 6.01 Å². The summed E-state index contributed by atoms with van der Waals surface area (Å²) in [5.41, 5.74) is -3.00. The molecule has 0 radical (unpaired) electrons. The molecule has 1 aromatic carbocycles. The number of hydrogen-bond acceptors (Lipinski definition) is 9. The van der Waals surface area contributed by atoms with Gasteiger partial charge in [-0.3, -0.25) is 14.9 Å². The van der Waals surface area contributed by atoms with Crippen molar-refractivity contribution in [2.24, 2.45) is 0 Å². The van der Waals surface area contributed by atoms with Gasteiger partial charge in [-0.1, -0.05) is 22.9 Å². The van der Waals surface area contributed by atoms with Gasteiger partial charge in [-0.05, 0) is 12.1 Å². The number of nitro benzene ring substituents is 1. The van der Waals surface area contributed by atoms with E-state index in [0.717, 1.165) is 11.3 Å². The summed E-state index contributed by atoms with van der Waals surface area (Å²) in [6.45, 7) is 0.822. The Morgan fingerprint density at radius 1 is 1.25 bits per heavy atom. The summed E-state index contributed by atoms with van der Waals surface area (Å²) >= 11 is 6.62. The fourth-order valence-corrected chi connectivity index (χ4v) is 4.51. The van der Waals surface area contributed by atoms with Gasteiger partial charge in [0, 0.05) is 38.2 Å². The molecule has 3 aromatic rings. The molecule has 0 N–H and O–H groups in total. The molecule has 168 valence electrons. The minimum Gasteiger partial charge on any atom is -0.460 e. The second-order valence-corrected chi connectivity index (χ2v) is 8.26. The van der Waals surface area contributed by atoms with E-state index in [-0.39, 0.29) is 27.1 Å². The lowest BCUT2D eigenvalue weighted by Gasteiger charge is -2.31. The number of nitrogens with zero attached hydrogens (tertiary/aromatic N) is 5. The Labute approximate surface area is 186 Å². The number of anilines is 1. The predicted octanol–water partition coefficient (Wildman–Crippen LogP) is 4.07. The van der Waals surface area contributed by atoms with E-state index in [1.807, 2.05) is 0 Å². The number of benzene rings is 1. The minimum atomic E-state index is -4.83. The number of halogens is 4. The van der Waals surface area contributed by atoms with Gasteiger partial charge < -0.3 is 9.64 Å². The Morgan fingerprint density at radius 2 is 1.97 bits per heavy atom. The Morgan fingerprint density at radius 3 is 2.59 bits per heavy atom. The van der Waals surface area contributed by atoms with Gasteiger partial charge >= 0.3 is 12.2 Å². The number of alkyl halides is 3. The number of ether oxygens (including phenoxy) is 1. The Balaban J connectivity index is 1.60. The van der Waals surface area contributed by atoms with Crippen molar-refractivity contribution in [1.82, 2.24) is 15.0 Å². The highest BCUT2D eigenvalue weighted by molar-refractivity contribution is 7.22. The van der Waals surface area contributed by atoms with Crippen LogP contribution < -0.4 is 15.2 Å². The molecule has 32 heavy (non-hydrogen) atoms. The lowest BCUT2D eigenvalue weighted by Crippen LogP contribution is -2.39. The molecular weight excluding hydrogens is 475 g/mol. The summed E-state index contributed by atoms with van der Waals surface area (Å²) in [7, 11) is 0. The van der Waals surface area contributed by atoms with E-state index >= 15 is 0 Å². The first-order valence-corrected chi connectivity index (χ1v) is 10.4. The highest BCUT2D eigenvalue weighted by Crippen LogP contribution is 2.38. The van der Waals surface area contributed by atoms with Gasteiger partial charge in [0.05, 0.1) is 15.9 Å². The maximum Gasteiger partial charge on any atom is 0.416 e. The Hall–Kier alpha value is -3.06. The molecule has 2 aromatic heterocycles. The van der Waals surface area contributed by atoms with Crippen LogP contribution in [0.3, 0.4) is 0 Å². The van der Waals surface area contributed by atoms with Crippen molar-refractivity contribution in [1.29, 1.82) is 0 Å². The Kier molecular flexibility index (Phi) is 5.86. The highest BCUT2D eigenvalue weighted by atomic mass is 35.5. The van der Waals surface area contributed by atoms with Crippen LogP contribution in [0.1, 0.15) is 18.4 Å². The van der Waals surface area contributed by atoms with Crippen molar-refractivity contribution >= 4 is 43.8 Å². The molecule has 0 bridgehead atoms. The van der Waals surface area contributed by atoms with E-state index < -0.39 is 33.3 Å². The van der Waals surface area contributed by atoms with E-state index in [2.05, 4.69) is 15.0 Å². The largest absolute Gasteiger partial charge is 0.460 e. The van der Waals surface area contributed by atoms with Crippen LogP contribution in [0.4, 0.5) is 24.0 Å². The van der Waals surface area contributed by atoms with Gasteiger partial charge in [0.15, 0.2) is 5.13 Å². The lowest BCUT2D eigenvalue weighted by atomic mass is 10.1. The summed E-state index contributed by atoms with van der Waals surface area (Å²) in [6.07, 6.45) is -2.54. The van der Waals surface area contributed by atoms with E-state index in [1.54, 1.807) is 4.90 Å². The quantitative estimate of drug-likeness (QED) is 0.307. The zero-order chi connectivity index (χ0) is 23.0. The zero-order valence-corrected chi connectivity index (χ0v) is 17.6. The van der Waals surface area contributed by atoms with Gasteiger partial charge in [-0.25, -0.2) is 4.98 Å². The van der Waals surface area contributed by atoms with Crippen molar-refractivity contribution in [3.63, 3.8) is 0 Å². The van der Waals surface area contributed by atoms with Crippen molar-refractivity contribution in [3.05, 3.63) is 55.6 Å². The van der Waals surface area contributed by atoms with Gasteiger partial charge in [0.25, 0.3) is 11.2 Å². The monoisotopic (exact) mass is 487 g/mol. The lowest BCUT2D eigenvalue weighted by molar-refractivity contribution is -0.383. The topological polar surface area (TPSA) is 111 Å². The van der Waals surface area contributed by atoms with Crippen LogP contribution in [-0.2, 0) is 6.18 Å². The van der Waals surface area contributed by atoms with E-state index in [1.165, 1.54) is 12.3 Å². The number of rotatable bonds is 4. The SMILES string of the molecule is O=c1nc(N2CCC(Oc3nccc(Cl)n3)CC2)sc2c([N+](=O)[O-])cc(C(F)(F)F)cc12. The summed E-state index contributed by atoms with van der Waals surface area (Å²) in [4.78, 5) is 36.5. The molecule has 1 aliphatic rings. The molecule has 0 spiro atoms. The molecular formula is C18H13ClF3N5O4S. The molecule has 1 fully saturated rings. The number of nitro groups is 1. The second-order valence-electron chi connectivity index (χ2n) is 6.89. The van der Waals surface area contributed by atoms with Crippen molar-refractivity contribution < 1.29 is 22.8 Å². The van der Waals surface area contributed by atoms with Gasteiger partial charge in [0.2, 0.25) is 0 Å². The molecule has 1 aliphatic heterocycles. The van der Waals surface area contributed by atoms with Crippen LogP contribution in [0.25, 0.3) is 10.1 Å². The first-order chi connectivity index (χ1) is 15.1. The van der Waals surface area contributed by atoms with Crippen molar-refractivity contribution in [2.75, 3.05) is 18.0 Å². The molecule has 0 amide bonds. The third kappa shape index (κ3) is 4.58. The van der Waals surface area contributed by atoms with Crippen LogP contribution in [0.15, 0.2) is 29.2 Å². The normalized spacial score (nSPS) is 15.2. The number of hydrogen-bond donors (Lipinski definition) is 0.